The topological polar surface area (TPSA) is 6.48 Å². The van der Waals surface area contributed by atoms with E-state index in [1.807, 2.05) is 0 Å². The molecule has 2 heteroatoms. The lowest BCUT2D eigenvalue weighted by atomic mass is 9.95. The Morgan fingerprint density at radius 3 is 2.24 bits per heavy atom. The van der Waals surface area contributed by atoms with Crippen LogP contribution in [0.5, 0.6) is 0 Å². The van der Waals surface area contributed by atoms with Crippen LogP contribution in [0.2, 0.25) is 0 Å². The van der Waals surface area contributed by atoms with Crippen LogP contribution >= 0.6 is 0 Å². The van der Waals surface area contributed by atoms with Crippen molar-refractivity contribution in [1.82, 2.24) is 9.80 Å². The number of nitrogens with zero attached hydrogens (tertiary/aromatic N) is 2. The second kappa shape index (κ2) is 9.84. The van der Waals surface area contributed by atoms with Gasteiger partial charge in [-0.05, 0) is 109 Å². The molecular weight excluding hydrogens is 256 g/mol. The fraction of sp³-hybridized carbons (Fsp3) is 1.00. The SMILES string of the molecule is CC(C)CCCN1CCCC(CCCN2CCCC2)CC1. The molecule has 2 rings (SSSR count). The molecule has 0 aromatic heterocycles. The molecular formula is C19H38N2. The molecule has 124 valence electrons. The average Bonchev–Trinajstić information content (AvgIpc) is 2.86. The van der Waals surface area contributed by atoms with Gasteiger partial charge in [0.05, 0.1) is 0 Å². The lowest BCUT2D eigenvalue weighted by Crippen LogP contribution is -2.26. The van der Waals surface area contributed by atoms with Crippen molar-refractivity contribution in [3.8, 4) is 0 Å². The van der Waals surface area contributed by atoms with E-state index >= 15 is 0 Å². The van der Waals surface area contributed by atoms with Gasteiger partial charge in [-0.25, -0.2) is 0 Å². The third kappa shape index (κ3) is 7.15. The van der Waals surface area contributed by atoms with Crippen LogP contribution in [-0.4, -0.2) is 49.1 Å². The Morgan fingerprint density at radius 2 is 1.48 bits per heavy atom. The van der Waals surface area contributed by atoms with Gasteiger partial charge in [0.25, 0.3) is 0 Å². The summed E-state index contributed by atoms with van der Waals surface area (Å²) in [5, 5.41) is 0. The van der Waals surface area contributed by atoms with Crippen LogP contribution in [0.25, 0.3) is 0 Å². The summed E-state index contributed by atoms with van der Waals surface area (Å²) < 4.78 is 0. The maximum Gasteiger partial charge on any atom is -0.00161 e. The molecule has 2 heterocycles. The van der Waals surface area contributed by atoms with Gasteiger partial charge in [0, 0.05) is 0 Å². The van der Waals surface area contributed by atoms with Gasteiger partial charge in [-0.15, -0.1) is 0 Å². The molecule has 2 aliphatic heterocycles. The number of hydrogen-bond acceptors (Lipinski definition) is 2. The maximum atomic E-state index is 2.74. The molecule has 0 bridgehead atoms. The fourth-order valence-electron chi connectivity index (χ4n) is 4.07. The highest BCUT2D eigenvalue weighted by Gasteiger charge is 2.17. The Labute approximate surface area is 133 Å². The van der Waals surface area contributed by atoms with Crippen molar-refractivity contribution in [2.24, 2.45) is 11.8 Å². The van der Waals surface area contributed by atoms with Crippen LogP contribution in [-0.2, 0) is 0 Å². The minimum absolute atomic E-state index is 0.871. The van der Waals surface area contributed by atoms with E-state index in [-0.39, 0.29) is 0 Å². The Morgan fingerprint density at radius 1 is 0.810 bits per heavy atom. The van der Waals surface area contributed by atoms with Crippen LogP contribution in [0.15, 0.2) is 0 Å². The van der Waals surface area contributed by atoms with E-state index in [0.717, 1.165) is 11.8 Å². The molecule has 1 unspecified atom stereocenters. The Kier molecular flexibility index (Phi) is 8.10. The van der Waals surface area contributed by atoms with E-state index in [2.05, 4.69) is 23.6 Å². The van der Waals surface area contributed by atoms with Crippen molar-refractivity contribution in [1.29, 1.82) is 0 Å². The fourth-order valence-corrected chi connectivity index (χ4v) is 4.07. The van der Waals surface area contributed by atoms with Crippen LogP contribution < -0.4 is 0 Å². The van der Waals surface area contributed by atoms with Gasteiger partial charge in [-0.1, -0.05) is 13.8 Å². The van der Waals surface area contributed by atoms with E-state index in [0.29, 0.717) is 0 Å². The van der Waals surface area contributed by atoms with Crippen LogP contribution in [0, 0.1) is 11.8 Å². The first kappa shape index (κ1) is 17.3. The number of rotatable bonds is 8. The molecule has 0 amide bonds. The van der Waals surface area contributed by atoms with E-state index in [1.165, 1.54) is 97.1 Å². The zero-order valence-electron chi connectivity index (χ0n) is 14.7. The van der Waals surface area contributed by atoms with Crippen molar-refractivity contribution >= 4 is 0 Å². The molecule has 2 fully saturated rings. The summed E-state index contributed by atoms with van der Waals surface area (Å²) in [6.45, 7) is 12.9. The summed E-state index contributed by atoms with van der Waals surface area (Å²) in [7, 11) is 0. The molecule has 0 aromatic carbocycles. The second-order valence-corrected chi connectivity index (χ2v) is 7.87. The molecule has 21 heavy (non-hydrogen) atoms. The first-order chi connectivity index (χ1) is 10.2. The molecule has 0 aromatic rings. The normalized spacial score (nSPS) is 25.6. The van der Waals surface area contributed by atoms with E-state index < -0.39 is 0 Å². The Hall–Kier alpha value is -0.0800. The minimum atomic E-state index is 0.871. The lowest BCUT2D eigenvalue weighted by Gasteiger charge is -2.21. The smallest absolute Gasteiger partial charge is 0.00161 e. The highest BCUT2D eigenvalue weighted by atomic mass is 15.1. The maximum absolute atomic E-state index is 2.74. The summed E-state index contributed by atoms with van der Waals surface area (Å²) in [6, 6.07) is 0. The molecule has 2 aliphatic rings. The molecule has 2 nitrogen and oxygen atoms in total. The standard InChI is InChI=1S/C19H38N2/c1-18(2)8-5-14-21-16-7-10-19(11-17-21)9-6-15-20-12-3-4-13-20/h18-19H,3-17H2,1-2H3. The van der Waals surface area contributed by atoms with E-state index in [1.54, 1.807) is 0 Å². The van der Waals surface area contributed by atoms with E-state index in [4.69, 9.17) is 0 Å². The van der Waals surface area contributed by atoms with Gasteiger partial charge in [0.15, 0.2) is 0 Å². The molecule has 1 atom stereocenters. The van der Waals surface area contributed by atoms with E-state index in [9.17, 15) is 0 Å². The van der Waals surface area contributed by atoms with Gasteiger partial charge in [-0.2, -0.15) is 0 Å². The zero-order valence-corrected chi connectivity index (χ0v) is 14.7. The summed E-state index contributed by atoms with van der Waals surface area (Å²) in [5.74, 6) is 1.89. The summed E-state index contributed by atoms with van der Waals surface area (Å²) in [4.78, 5) is 5.41. The third-order valence-corrected chi connectivity index (χ3v) is 5.48. The Balaban J connectivity index is 1.55. The van der Waals surface area contributed by atoms with Crippen molar-refractivity contribution in [3.05, 3.63) is 0 Å². The first-order valence-corrected chi connectivity index (χ1v) is 9.69. The van der Waals surface area contributed by atoms with Crippen molar-refractivity contribution < 1.29 is 0 Å². The molecule has 0 N–H and O–H groups in total. The monoisotopic (exact) mass is 294 g/mol. The largest absolute Gasteiger partial charge is 0.303 e. The van der Waals surface area contributed by atoms with Crippen molar-refractivity contribution in [2.45, 2.75) is 71.6 Å². The van der Waals surface area contributed by atoms with Crippen molar-refractivity contribution in [2.75, 3.05) is 39.3 Å². The van der Waals surface area contributed by atoms with Gasteiger partial charge in [0.2, 0.25) is 0 Å². The van der Waals surface area contributed by atoms with Crippen molar-refractivity contribution in [3.63, 3.8) is 0 Å². The predicted octanol–water partition coefficient (Wildman–Crippen LogP) is 4.40. The number of hydrogen-bond donors (Lipinski definition) is 0. The molecule has 0 spiro atoms. The van der Waals surface area contributed by atoms with Gasteiger partial charge >= 0.3 is 0 Å². The van der Waals surface area contributed by atoms with Gasteiger partial charge in [0.1, 0.15) is 0 Å². The summed E-state index contributed by atoms with van der Waals surface area (Å²) >= 11 is 0. The van der Waals surface area contributed by atoms with Gasteiger partial charge in [-0.3, -0.25) is 0 Å². The third-order valence-electron chi connectivity index (χ3n) is 5.48. The van der Waals surface area contributed by atoms with Gasteiger partial charge < -0.3 is 9.80 Å². The molecule has 0 aliphatic carbocycles. The minimum Gasteiger partial charge on any atom is -0.303 e. The van der Waals surface area contributed by atoms with Crippen LogP contribution in [0.3, 0.4) is 0 Å². The Bertz CT molecular complexity index is 258. The quantitative estimate of drug-likeness (QED) is 0.654. The van der Waals surface area contributed by atoms with Crippen LogP contribution in [0.4, 0.5) is 0 Å². The average molecular weight is 295 g/mol. The molecule has 0 saturated carbocycles. The number of likely N-dealkylation sites (tertiary alicyclic amines) is 2. The zero-order chi connectivity index (χ0) is 14.9. The molecule has 0 radical (unpaired) electrons. The summed E-state index contributed by atoms with van der Waals surface area (Å²) in [5.41, 5.74) is 0. The predicted molar refractivity (Wildman–Crippen MR) is 92.8 cm³/mol. The first-order valence-electron chi connectivity index (χ1n) is 9.69. The molecule has 2 saturated heterocycles. The second-order valence-electron chi connectivity index (χ2n) is 7.87. The highest BCUT2D eigenvalue weighted by Crippen LogP contribution is 2.23. The summed E-state index contributed by atoms with van der Waals surface area (Å²) in [6.07, 6.45) is 13.0. The van der Waals surface area contributed by atoms with Crippen LogP contribution in [0.1, 0.15) is 71.6 Å². The lowest BCUT2D eigenvalue weighted by molar-refractivity contribution is 0.265. The highest BCUT2D eigenvalue weighted by molar-refractivity contribution is 4.72.